The Balaban J connectivity index is 0.00000364. The number of rotatable bonds is 7. The maximum Gasteiger partial charge on any atom is 0.223 e. The van der Waals surface area contributed by atoms with E-state index in [4.69, 9.17) is 0 Å². The molecule has 1 fully saturated rings. The van der Waals surface area contributed by atoms with Gasteiger partial charge in [-0.05, 0) is 37.1 Å². The van der Waals surface area contributed by atoms with Crippen molar-refractivity contribution in [2.75, 3.05) is 40.8 Å². The van der Waals surface area contributed by atoms with Crippen LogP contribution in [0.2, 0.25) is 0 Å². The maximum atomic E-state index is 11.6. The second-order valence-corrected chi connectivity index (χ2v) is 7.04. The third-order valence-corrected chi connectivity index (χ3v) is 4.69. The largest absolute Gasteiger partial charge is 0.356 e. The molecular weight excluding hydrogens is 453 g/mol. The molecule has 0 saturated carbocycles. The van der Waals surface area contributed by atoms with Crippen LogP contribution in [0.3, 0.4) is 0 Å². The van der Waals surface area contributed by atoms with Crippen LogP contribution in [0.25, 0.3) is 0 Å². The van der Waals surface area contributed by atoms with Gasteiger partial charge in [-0.3, -0.25) is 14.7 Å². The van der Waals surface area contributed by atoms with Gasteiger partial charge in [-0.25, -0.2) is 0 Å². The number of hydrogen-bond donors (Lipinski definition) is 2. The van der Waals surface area contributed by atoms with Crippen molar-refractivity contribution in [2.24, 2.45) is 4.99 Å². The summed E-state index contributed by atoms with van der Waals surface area (Å²) in [5.74, 6) is 0.825. The van der Waals surface area contributed by atoms with Crippen molar-refractivity contribution >= 4 is 35.8 Å². The lowest BCUT2D eigenvalue weighted by molar-refractivity contribution is -0.128. The number of hydrogen-bond acceptors (Lipinski definition) is 3. The van der Waals surface area contributed by atoms with Crippen molar-refractivity contribution in [3.8, 4) is 0 Å². The molecule has 1 saturated heterocycles. The summed E-state index contributed by atoms with van der Waals surface area (Å²) in [5, 5.41) is 6.47. The summed E-state index contributed by atoms with van der Waals surface area (Å²) in [6, 6.07) is 8.79. The second-order valence-electron chi connectivity index (χ2n) is 7.04. The number of likely N-dealkylation sites (tertiary alicyclic amines) is 1. The highest BCUT2D eigenvalue weighted by molar-refractivity contribution is 14.0. The first kappa shape index (κ1) is 23.7. The first-order chi connectivity index (χ1) is 12.6. The number of nitrogens with zero attached hydrogens (tertiary/aromatic N) is 3. The monoisotopic (exact) mass is 487 g/mol. The van der Waals surface area contributed by atoms with Gasteiger partial charge in [0.2, 0.25) is 5.91 Å². The summed E-state index contributed by atoms with van der Waals surface area (Å²) >= 11 is 0. The van der Waals surface area contributed by atoms with Crippen LogP contribution in [-0.4, -0.2) is 62.4 Å². The number of aliphatic imine (C=N–C) groups is 1. The van der Waals surface area contributed by atoms with Gasteiger partial charge in [0, 0.05) is 47.2 Å². The maximum absolute atomic E-state index is 11.6. The van der Waals surface area contributed by atoms with Crippen LogP contribution in [-0.2, 0) is 17.9 Å². The molecule has 1 heterocycles. The molecule has 1 amide bonds. The smallest absolute Gasteiger partial charge is 0.223 e. The van der Waals surface area contributed by atoms with E-state index in [2.05, 4.69) is 44.8 Å². The number of amides is 1. The molecule has 0 radical (unpaired) electrons. The number of carbonyl (C=O) groups excluding carboxylic acids is 1. The molecule has 1 aliphatic rings. The number of nitrogens with one attached hydrogen (secondary N) is 2. The number of benzene rings is 1. The average Bonchev–Trinajstić information content (AvgIpc) is 2.66. The Morgan fingerprint density at radius 3 is 2.30 bits per heavy atom. The number of halogens is 1. The van der Waals surface area contributed by atoms with Gasteiger partial charge in [-0.15, -0.1) is 24.0 Å². The quantitative estimate of drug-likeness (QED) is 0.353. The Bertz CT molecular complexity index is 583. The number of piperidine rings is 1. The minimum Gasteiger partial charge on any atom is -0.356 e. The third kappa shape index (κ3) is 8.92. The average molecular weight is 487 g/mol. The molecule has 0 atom stereocenters. The predicted octanol–water partition coefficient (Wildman–Crippen LogP) is 2.43. The minimum atomic E-state index is 0. The summed E-state index contributed by atoms with van der Waals surface area (Å²) < 4.78 is 0. The fraction of sp³-hybridized carbons (Fsp3) is 0.600. The summed E-state index contributed by atoms with van der Waals surface area (Å²) in [6.45, 7) is 4.79. The van der Waals surface area contributed by atoms with Gasteiger partial charge in [0.1, 0.15) is 0 Å². The molecule has 6 nitrogen and oxygen atoms in total. The summed E-state index contributed by atoms with van der Waals surface area (Å²) in [5.41, 5.74) is 2.60. The van der Waals surface area contributed by atoms with E-state index in [9.17, 15) is 4.79 Å². The SMILES string of the molecule is CN=C(NCCC(=O)N(C)C)NCc1ccc(CN2CCCCC2)cc1.I. The van der Waals surface area contributed by atoms with Crippen molar-refractivity contribution < 1.29 is 4.79 Å². The highest BCUT2D eigenvalue weighted by atomic mass is 127. The van der Waals surface area contributed by atoms with E-state index in [1.807, 2.05) is 0 Å². The summed E-state index contributed by atoms with van der Waals surface area (Å²) in [4.78, 5) is 19.9. The van der Waals surface area contributed by atoms with E-state index in [1.165, 1.54) is 43.5 Å². The molecule has 2 rings (SSSR count). The van der Waals surface area contributed by atoms with Gasteiger partial charge in [0.05, 0.1) is 0 Å². The van der Waals surface area contributed by atoms with Gasteiger partial charge in [-0.2, -0.15) is 0 Å². The van der Waals surface area contributed by atoms with Crippen LogP contribution in [0.15, 0.2) is 29.3 Å². The topological polar surface area (TPSA) is 60.0 Å². The third-order valence-electron chi connectivity index (χ3n) is 4.69. The van der Waals surface area contributed by atoms with Crippen LogP contribution < -0.4 is 10.6 Å². The van der Waals surface area contributed by atoms with Crippen molar-refractivity contribution in [1.82, 2.24) is 20.4 Å². The lowest BCUT2D eigenvalue weighted by atomic mass is 10.1. The number of carbonyl (C=O) groups is 1. The fourth-order valence-corrected chi connectivity index (χ4v) is 3.06. The Labute approximate surface area is 180 Å². The molecule has 152 valence electrons. The molecule has 1 aromatic carbocycles. The number of guanidine groups is 1. The Kier molecular flexibility index (Phi) is 11.3. The van der Waals surface area contributed by atoms with Crippen LogP contribution in [0.1, 0.15) is 36.8 Å². The fourth-order valence-electron chi connectivity index (χ4n) is 3.06. The standard InChI is InChI=1S/C20H33N5O.HI/c1-21-20(22-12-11-19(26)24(2)3)23-15-17-7-9-18(10-8-17)16-25-13-5-4-6-14-25;/h7-10H,4-6,11-16H2,1-3H3,(H2,21,22,23);1H. The van der Waals surface area contributed by atoms with Crippen LogP contribution in [0, 0.1) is 0 Å². The van der Waals surface area contributed by atoms with Crippen molar-refractivity contribution in [2.45, 2.75) is 38.8 Å². The van der Waals surface area contributed by atoms with Gasteiger partial charge in [0.15, 0.2) is 5.96 Å². The van der Waals surface area contributed by atoms with Gasteiger partial charge >= 0.3 is 0 Å². The van der Waals surface area contributed by atoms with E-state index in [1.54, 1.807) is 26.0 Å². The molecule has 1 aromatic rings. The van der Waals surface area contributed by atoms with Crippen molar-refractivity contribution in [3.63, 3.8) is 0 Å². The molecule has 0 aliphatic carbocycles. The molecule has 0 unspecified atom stereocenters. The van der Waals surface area contributed by atoms with Gasteiger partial charge < -0.3 is 15.5 Å². The molecular formula is C20H34IN5O. The van der Waals surface area contributed by atoms with E-state index < -0.39 is 0 Å². The van der Waals surface area contributed by atoms with Crippen molar-refractivity contribution in [1.29, 1.82) is 0 Å². The summed E-state index contributed by atoms with van der Waals surface area (Å²) in [6.07, 6.45) is 4.49. The predicted molar refractivity (Wildman–Crippen MR) is 122 cm³/mol. The van der Waals surface area contributed by atoms with Crippen molar-refractivity contribution in [3.05, 3.63) is 35.4 Å². The molecule has 2 N–H and O–H groups in total. The molecule has 0 bridgehead atoms. The second kappa shape index (κ2) is 12.9. The lowest BCUT2D eigenvalue weighted by Gasteiger charge is -2.26. The highest BCUT2D eigenvalue weighted by Crippen LogP contribution is 2.13. The Morgan fingerprint density at radius 1 is 1.07 bits per heavy atom. The molecule has 27 heavy (non-hydrogen) atoms. The molecule has 7 heteroatoms. The van der Waals surface area contributed by atoms with Gasteiger partial charge in [0.25, 0.3) is 0 Å². The zero-order valence-electron chi connectivity index (χ0n) is 16.8. The normalized spacial score (nSPS) is 15.0. The van der Waals surface area contributed by atoms with E-state index >= 15 is 0 Å². The zero-order valence-corrected chi connectivity index (χ0v) is 19.2. The Morgan fingerprint density at radius 2 is 1.70 bits per heavy atom. The minimum absolute atomic E-state index is 0. The molecule has 0 aromatic heterocycles. The first-order valence-electron chi connectivity index (χ1n) is 9.53. The first-order valence-corrected chi connectivity index (χ1v) is 9.53. The Hall–Kier alpha value is -1.35. The summed E-state index contributed by atoms with van der Waals surface area (Å²) in [7, 11) is 5.28. The van der Waals surface area contributed by atoms with Crippen LogP contribution >= 0.6 is 24.0 Å². The lowest BCUT2D eigenvalue weighted by Crippen LogP contribution is -2.38. The molecule has 0 spiro atoms. The van der Waals surface area contributed by atoms with Crippen LogP contribution in [0.5, 0.6) is 0 Å². The van der Waals surface area contributed by atoms with Crippen LogP contribution in [0.4, 0.5) is 0 Å². The van der Waals surface area contributed by atoms with E-state index in [0.717, 1.165) is 6.54 Å². The van der Waals surface area contributed by atoms with E-state index in [0.29, 0.717) is 25.5 Å². The zero-order chi connectivity index (χ0) is 18.8. The highest BCUT2D eigenvalue weighted by Gasteiger charge is 2.10. The van der Waals surface area contributed by atoms with E-state index in [-0.39, 0.29) is 29.9 Å². The molecule has 1 aliphatic heterocycles. The van der Waals surface area contributed by atoms with Gasteiger partial charge in [-0.1, -0.05) is 30.7 Å².